The standard InChI is InChI=1S/C11H15NO3.ClH/c1-2-3-4-8(12)7-5-6-9(13)11(15)10(7)14;/h2,5-6,8,13-15H,1,3-4,12H2;1H/t8-;/m1./s1. The molecule has 90 valence electrons. The molecule has 0 fully saturated rings. The summed E-state index contributed by atoms with van der Waals surface area (Å²) in [4.78, 5) is 0. The van der Waals surface area contributed by atoms with Gasteiger partial charge in [-0.05, 0) is 25.0 Å². The molecule has 0 amide bonds. The maximum atomic E-state index is 9.53. The lowest BCUT2D eigenvalue weighted by atomic mass is 10.0. The molecule has 5 heteroatoms. The van der Waals surface area contributed by atoms with E-state index in [-0.39, 0.29) is 29.9 Å². The molecule has 5 N–H and O–H groups in total. The summed E-state index contributed by atoms with van der Waals surface area (Å²) in [6.07, 6.45) is 3.08. The Morgan fingerprint density at radius 2 is 1.88 bits per heavy atom. The molecule has 0 aromatic heterocycles. The van der Waals surface area contributed by atoms with E-state index in [9.17, 15) is 10.2 Å². The van der Waals surface area contributed by atoms with Crippen LogP contribution in [-0.4, -0.2) is 15.3 Å². The van der Waals surface area contributed by atoms with Crippen LogP contribution in [0.1, 0.15) is 24.4 Å². The van der Waals surface area contributed by atoms with E-state index in [0.717, 1.165) is 6.42 Å². The summed E-state index contributed by atoms with van der Waals surface area (Å²) in [5.74, 6) is -1.24. The van der Waals surface area contributed by atoms with Crippen molar-refractivity contribution < 1.29 is 15.3 Å². The Hall–Kier alpha value is -1.39. The number of benzene rings is 1. The van der Waals surface area contributed by atoms with Crippen LogP contribution in [0.2, 0.25) is 0 Å². The second kappa shape index (κ2) is 6.25. The largest absolute Gasteiger partial charge is 0.504 e. The average molecular weight is 246 g/mol. The van der Waals surface area contributed by atoms with Crippen LogP contribution in [-0.2, 0) is 0 Å². The first-order chi connectivity index (χ1) is 7.07. The number of hydrogen-bond donors (Lipinski definition) is 4. The number of aromatic hydroxyl groups is 3. The van der Waals surface area contributed by atoms with Gasteiger partial charge in [-0.2, -0.15) is 0 Å². The van der Waals surface area contributed by atoms with Gasteiger partial charge in [0.05, 0.1) is 0 Å². The molecule has 0 bridgehead atoms. The third-order valence-corrected chi connectivity index (χ3v) is 2.24. The highest BCUT2D eigenvalue weighted by Crippen LogP contribution is 2.39. The van der Waals surface area contributed by atoms with Crippen molar-refractivity contribution in [1.29, 1.82) is 0 Å². The number of allylic oxidation sites excluding steroid dienone is 1. The minimum Gasteiger partial charge on any atom is -0.504 e. The lowest BCUT2D eigenvalue weighted by Crippen LogP contribution is -2.09. The third kappa shape index (κ3) is 3.05. The number of phenols is 3. The van der Waals surface area contributed by atoms with Crippen molar-refractivity contribution in [3.05, 3.63) is 30.4 Å². The number of nitrogens with two attached hydrogens (primary N) is 1. The van der Waals surface area contributed by atoms with Gasteiger partial charge in [0.1, 0.15) is 0 Å². The fourth-order valence-corrected chi connectivity index (χ4v) is 1.34. The van der Waals surface area contributed by atoms with E-state index in [1.807, 2.05) is 0 Å². The third-order valence-electron chi connectivity index (χ3n) is 2.24. The summed E-state index contributed by atoms with van der Waals surface area (Å²) in [6, 6.07) is 2.42. The maximum Gasteiger partial charge on any atom is 0.200 e. The van der Waals surface area contributed by atoms with Crippen molar-refractivity contribution in [1.82, 2.24) is 0 Å². The van der Waals surface area contributed by atoms with Gasteiger partial charge in [-0.3, -0.25) is 0 Å². The predicted molar refractivity (Wildman–Crippen MR) is 65.0 cm³/mol. The minimum absolute atomic E-state index is 0. The van der Waals surface area contributed by atoms with Gasteiger partial charge < -0.3 is 21.1 Å². The second-order valence-corrected chi connectivity index (χ2v) is 3.34. The van der Waals surface area contributed by atoms with Crippen LogP contribution in [0.5, 0.6) is 17.2 Å². The second-order valence-electron chi connectivity index (χ2n) is 3.34. The topological polar surface area (TPSA) is 86.7 Å². The summed E-state index contributed by atoms with van der Waals surface area (Å²) in [5, 5.41) is 27.9. The zero-order chi connectivity index (χ0) is 11.4. The highest BCUT2D eigenvalue weighted by molar-refractivity contribution is 5.85. The molecule has 1 aromatic rings. The maximum absolute atomic E-state index is 9.53. The average Bonchev–Trinajstić information content (AvgIpc) is 2.23. The smallest absolute Gasteiger partial charge is 0.200 e. The molecule has 4 nitrogen and oxygen atoms in total. The zero-order valence-corrected chi connectivity index (χ0v) is 9.57. The van der Waals surface area contributed by atoms with Crippen molar-refractivity contribution in [2.75, 3.05) is 0 Å². The van der Waals surface area contributed by atoms with Crippen molar-refractivity contribution in [2.45, 2.75) is 18.9 Å². The van der Waals surface area contributed by atoms with Crippen LogP contribution in [0.25, 0.3) is 0 Å². The van der Waals surface area contributed by atoms with Crippen LogP contribution >= 0.6 is 12.4 Å². The van der Waals surface area contributed by atoms with E-state index in [2.05, 4.69) is 6.58 Å². The van der Waals surface area contributed by atoms with Gasteiger partial charge in [0.25, 0.3) is 0 Å². The normalized spacial score (nSPS) is 11.6. The highest BCUT2D eigenvalue weighted by atomic mass is 35.5. The molecule has 1 rings (SSSR count). The van der Waals surface area contributed by atoms with Crippen LogP contribution in [0, 0.1) is 0 Å². The number of hydrogen-bond acceptors (Lipinski definition) is 4. The molecule has 16 heavy (non-hydrogen) atoms. The zero-order valence-electron chi connectivity index (χ0n) is 8.76. The van der Waals surface area contributed by atoms with Crippen molar-refractivity contribution in [3.63, 3.8) is 0 Å². The Bertz CT molecular complexity index is 368. The van der Waals surface area contributed by atoms with E-state index in [4.69, 9.17) is 10.8 Å². The van der Waals surface area contributed by atoms with E-state index in [0.29, 0.717) is 12.0 Å². The Balaban J connectivity index is 0.00000225. The lowest BCUT2D eigenvalue weighted by Gasteiger charge is -2.13. The van der Waals surface area contributed by atoms with E-state index < -0.39 is 5.75 Å². The Morgan fingerprint density at radius 3 is 2.44 bits per heavy atom. The van der Waals surface area contributed by atoms with E-state index >= 15 is 0 Å². The van der Waals surface area contributed by atoms with Crippen LogP contribution in [0.4, 0.5) is 0 Å². The molecule has 1 atom stereocenters. The van der Waals surface area contributed by atoms with Gasteiger partial charge in [-0.15, -0.1) is 19.0 Å². The van der Waals surface area contributed by atoms with Crippen molar-refractivity contribution >= 4 is 12.4 Å². The number of halogens is 1. The molecule has 0 saturated carbocycles. The molecule has 0 saturated heterocycles. The van der Waals surface area contributed by atoms with E-state index in [1.54, 1.807) is 6.08 Å². The predicted octanol–water partition coefficient (Wildman–Crippen LogP) is 2.19. The van der Waals surface area contributed by atoms with Gasteiger partial charge in [0.2, 0.25) is 5.75 Å². The van der Waals surface area contributed by atoms with Gasteiger partial charge in [-0.25, -0.2) is 0 Å². The van der Waals surface area contributed by atoms with Gasteiger partial charge in [0, 0.05) is 11.6 Å². The summed E-state index contributed by atoms with van der Waals surface area (Å²) in [7, 11) is 0. The first-order valence-corrected chi connectivity index (χ1v) is 4.68. The number of rotatable bonds is 4. The molecule has 0 heterocycles. The molecule has 1 aromatic carbocycles. The van der Waals surface area contributed by atoms with Crippen LogP contribution in [0.3, 0.4) is 0 Å². The lowest BCUT2D eigenvalue weighted by molar-refractivity contribution is 0.362. The fraction of sp³-hybridized carbons (Fsp3) is 0.273. The van der Waals surface area contributed by atoms with Crippen molar-refractivity contribution in [3.8, 4) is 17.2 Å². The SMILES string of the molecule is C=CCC[C@@H](N)c1ccc(O)c(O)c1O.Cl. The first kappa shape index (κ1) is 14.6. The number of phenolic OH excluding ortho intramolecular Hbond substituents is 3. The monoisotopic (exact) mass is 245 g/mol. The van der Waals surface area contributed by atoms with Gasteiger partial charge >= 0.3 is 0 Å². The Morgan fingerprint density at radius 1 is 1.25 bits per heavy atom. The Labute approximate surface area is 100 Å². The summed E-state index contributed by atoms with van der Waals surface area (Å²) < 4.78 is 0. The molecular formula is C11H16ClNO3. The summed E-state index contributed by atoms with van der Waals surface area (Å²) in [5.41, 5.74) is 6.22. The fourth-order valence-electron chi connectivity index (χ4n) is 1.34. The minimum atomic E-state index is -0.526. The Kier molecular flexibility index (Phi) is 5.71. The van der Waals surface area contributed by atoms with Gasteiger partial charge in [0.15, 0.2) is 11.5 Å². The van der Waals surface area contributed by atoms with Gasteiger partial charge in [-0.1, -0.05) is 6.08 Å². The van der Waals surface area contributed by atoms with Crippen molar-refractivity contribution in [2.24, 2.45) is 5.73 Å². The van der Waals surface area contributed by atoms with Crippen LogP contribution in [0.15, 0.2) is 24.8 Å². The summed E-state index contributed by atoms with van der Waals surface area (Å²) in [6.45, 7) is 3.57. The molecule has 0 spiro atoms. The highest BCUT2D eigenvalue weighted by Gasteiger charge is 2.15. The molecule has 0 radical (unpaired) electrons. The molecule has 0 unspecified atom stereocenters. The van der Waals surface area contributed by atoms with Crippen LogP contribution < -0.4 is 5.73 Å². The molecular weight excluding hydrogens is 230 g/mol. The summed E-state index contributed by atoms with van der Waals surface area (Å²) >= 11 is 0. The molecule has 0 aliphatic heterocycles. The first-order valence-electron chi connectivity index (χ1n) is 4.68. The van der Waals surface area contributed by atoms with E-state index in [1.165, 1.54) is 12.1 Å². The molecule has 0 aliphatic carbocycles. The molecule has 0 aliphatic rings. The quantitative estimate of drug-likeness (QED) is 0.484.